The van der Waals surface area contributed by atoms with E-state index in [1.54, 1.807) is 0 Å². The Balaban J connectivity index is 1.76. The smallest absolute Gasteiger partial charge is 0.242 e. The number of carbonyl (C=O) groups excluding carboxylic acids is 2. The lowest BCUT2D eigenvalue weighted by Crippen LogP contribution is -2.45. The van der Waals surface area contributed by atoms with Crippen molar-refractivity contribution in [2.75, 3.05) is 13.1 Å². The first kappa shape index (κ1) is 22.1. The molecule has 0 atom stereocenters. The lowest BCUT2D eigenvalue weighted by atomic mass is 10.1. The Bertz CT molecular complexity index is 822. The van der Waals surface area contributed by atoms with Crippen molar-refractivity contribution >= 4 is 11.8 Å². The number of aromatic nitrogens is 1. The van der Waals surface area contributed by atoms with Crippen molar-refractivity contribution in [3.05, 3.63) is 59.9 Å². The molecule has 3 rings (SSSR count). The number of amides is 2. The minimum atomic E-state index is 0.00653. The Morgan fingerprint density at radius 2 is 1.70 bits per heavy atom. The van der Waals surface area contributed by atoms with Gasteiger partial charge in [-0.25, -0.2) is 0 Å². The fraction of sp³-hybridized carbons (Fsp3) is 0.520. The molecule has 0 bridgehead atoms. The highest BCUT2D eigenvalue weighted by Crippen LogP contribution is 2.27. The summed E-state index contributed by atoms with van der Waals surface area (Å²) in [5.74, 6) is 0.589. The SMILES string of the molecule is CC(C)CN(CC(=O)N(Cc1ccccc1)Cc1cccn1C)C(=O)C1CCCC1. The molecule has 1 aromatic carbocycles. The van der Waals surface area contributed by atoms with Gasteiger partial charge in [0, 0.05) is 37.9 Å². The topological polar surface area (TPSA) is 45.6 Å². The largest absolute Gasteiger partial charge is 0.353 e. The van der Waals surface area contributed by atoms with Gasteiger partial charge in [0.2, 0.25) is 11.8 Å². The van der Waals surface area contributed by atoms with Gasteiger partial charge >= 0.3 is 0 Å². The molecule has 2 aromatic rings. The zero-order valence-electron chi connectivity index (χ0n) is 18.6. The molecule has 1 fully saturated rings. The van der Waals surface area contributed by atoms with Crippen LogP contribution in [0.25, 0.3) is 0 Å². The van der Waals surface area contributed by atoms with Crippen LogP contribution in [0.2, 0.25) is 0 Å². The summed E-state index contributed by atoms with van der Waals surface area (Å²) in [6.07, 6.45) is 6.15. The van der Waals surface area contributed by atoms with Crippen molar-refractivity contribution in [1.29, 1.82) is 0 Å². The lowest BCUT2D eigenvalue weighted by molar-refractivity contribution is -0.144. The van der Waals surface area contributed by atoms with E-state index in [0.29, 0.717) is 25.6 Å². The Kier molecular flexibility index (Phi) is 7.72. The number of hydrogen-bond donors (Lipinski definition) is 0. The summed E-state index contributed by atoms with van der Waals surface area (Å²) in [5, 5.41) is 0. The van der Waals surface area contributed by atoms with Crippen molar-refractivity contribution < 1.29 is 9.59 Å². The summed E-state index contributed by atoms with van der Waals surface area (Å²) in [6.45, 7) is 6.06. The molecule has 1 heterocycles. The first-order valence-electron chi connectivity index (χ1n) is 11.1. The maximum Gasteiger partial charge on any atom is 0.242 e. The van der Waals surface area contributed by atoms with Gasteiger partial charge in [0.05, 0.1) is 13.1 Å². The van der Waals surface area contributed by atoms with Crippen LogP contribution in [-0.2, 0) is 29.7 Å². The standard InChI is InChI=1S/C25H35N3O2/c1-20(2)16-28(25(30)22-12-7-8-13-22)19-24(29)27(17-21-10-5-4-6-11-21)18-23-14-9-15-26(23)3/h4-6,9-11,14-15,20,22H,7-8,12-13,16-19H2,1-3H3. The van der Waals surface area contributed by atoms with Crippen molar-refractivity contribution in [2.24, 2.45) is 18.9 Å². The molecule has 0 spiro atoms. The summed E-state index contributed by atoms with van der Waals surface area (Å²) in [4.78, 5) is 30.2. The third-order valence-corrected chi connectivity index (χ3v) is 5.90. The van der Waals surface area contributed by atoms with Gasteiger partial charge in [-0.1, -0.05) is 57.0 Å². The average molecular weight is 410 g/mol. The van der Waals surface area contributed by atoms with E-state index in [-0.39, 0.29) is 24.3 Å². The summed E-state index contributed by atoms with van der Waals surface area (Å²) in [7, 11) is 2.00. The van der Waals surface area contributed by atoms with E-state index >= 15 is 0 Å². The van der Waals surface area contributed by atoms with Crippen molar-refractivity contribution in [2.45, 2.75) is 52.6 Å². The first-order chi connectivity index (χ1) is 14.4. The second-order valence-corrected chi connectivity index (χ2v) is 8.94. The van der Waals surface area contributed by atoms with E-state index in [4.69, 9.17) is 0 Å². The van der Waals surface area contributed by atoms with Gasteiger partial charge in [0.1, 0.15) is 0 Å². The molecule has 1 aliphatic rings. The normalized spacial score (nSPS) is 14.3. The molecule has 0 saturated heterocycles. The average Bonchev–Trinajstić information content (AvgIpc) is 3.39. The number of benzene rings is 1. The minimum Gasteiger partial charge on any atom is -0.353 e. The van der Waals surface area contributed by atoms with Crippen molar-refractivity contribution in [3.8, 4) is 0 Å². The van der Waals surface area contributed by atoms with Crippen LogP contribution in [0.3, 0.4) is 0 Å². The fourth-order valence-electron chi connectivity index (χ4n) is 4.26. The highest BCUT2D eigenvalue weighted by Gasteiger charge is 2.30. The van der Waals surface area contributed by atoms with Gasteiger partial charge in [-0.3, -0.25) is 9.59 Å². The fourth-order valence-corrected chi connectivity index (χ4v) is 4.26. The van der Waals surface area contributed by atoms with Crippen LogP contribution in [0.4, 0.5) is 0 Å². The zero-order chi connectivity index (χ0) is 21.5. The first-order valence-corrected chi connectivity index (χ1v) is 11.1. The maximum absolute atomic E-state index is 13.4. The molecular formula is C25H35N3O2. The van der Waals surface area contributed by atoms with E-state index in [1.807, 2.05) is 70.1 Å². The van der Waals surface area contributed by atoms with Crippen LogP contribution >= 0.6 is 0 Å². The second-order valence-electron chi connectivity index (χ2n) is 8.94. The monoisotopic (exact) mass is 409 g/mol. The Labute approximate surface area is 180 Å². The second kappa shape index (κ2) is 10.5. The highest BCUT2D eigenvalue weighted by molar-refractivity contribution is 5.86. The van der Waals surface area contributed by atoms with Crippen LogP contribution in [0.15, 0.2) is 48.7 Å². The molecule has 0 unspecified atom stereocenters. The molecule has 2 amide bonds. The molecule has 0 aliphatic heterocycles. The van der Waals surface area contributed by atoms with E-state index in [9.17, 15) is 9.59 Å². The molecule has 1 saturated carbocycles. The Morgan fingerprint density at radius 3 is 2.30 bits per heavy atom. The minimum absolute atomic E-state index is 0.00653. The number of carbonyl (C=O) groups is 2. The molecular weight excluding hydrogens is 374 g/mol. The highest BCUT2D eigenvalue weighted by atomic mass is 16.2. The van der Waals surface area contributed by atoms with E-state index in [2.05, 4.69) is 13.8 Å². The van der Waals surface area contributed by atoms with Crippen LogP contribution in [0.1, 0.15) is 50.8 Å². The third-order valence-electron chi connectivity index (χ3n) is 5.90. The third kappa shape index (κ3) is 5.97. The number of nitrogens with zero attached hydrogens (tertiary/aromatic N) is 3. The zero-order valence-corrected chi connectivity index (χ0v) is 18.6. The van der Waals surface area contributed by atoms with E-state index < -0.39 is 0 Å². The predicted molar refractivity (Wildman–Crippen MR) is 119 cm³/mol. The van der Waals surface area contributed by atoms with Gasteiger partial charge < -0.3 is 14.4 Å². The van der Waals surface area contributed by atoms with Gasteiger partial charge in [-0.15, -0.1) is 0 Å². The molecule has 5 nitrogen and oxygen atoms in total. The van der Waals surface area contributed by atoms with Crippen LogP contribution < -0.4 is 0 Å². The Hall–Kier alpha value is -2.56. The predicted octanol–water partition coefficient (Wildman–Crippen LogP) is 4.23. The summed E-state index contributed by atoms with van der Waals surface area (Å²) in [6, 6.07) is 14.1. The summed E-state index contributed by atoms with van der Waals surface area (Å²) >= 11 is 0. The molecule has 30 heavy (non-hydrogen) atoms. The molecule has 1 aliphatic carbocycles. The molecule has 0 N–H and O–H groups in total. The summed E-state index contributed by atoms with van der Waals surface area (Å²) in [5.41, 5.74) is 2.18. The molecule has 162 valence electrons. The van der Waals surface area contributed by atoms with Gasteiger partial charge in [-0.05, 0) is 36.5 Å². The van der Waals surface area contributed by atoms with Crippen LogP contribution in [-0.4, -0.2) is 39.3 Å². The molecule has 1 aromatic heterocycles. The van der Waals surface area contributed by atoms with Gasteiger partial charge in [0.15, 0.2) is 0 Å². The van der Waals surface area contributed by atoms with E-state index in [0.717, 1.165) is 36.9 Å². The summed E-state index contributed by atoms with van der Waals surface area (Å²) < 4.78 is 2.04. The van der Waals surface area contributed by atoms with E-state index in [1.165, 1.54) is 0 Å². The quantitative estimate of drug-likeness (QED) is 0.622. The Morgan fingerprint density at radius 1 is 1.00 bits per heavy atom. The number of hydrogen-bond acceptors (Lipinski definition) is 2. The van der Waals surface area contributed by atoms with Gasteiger partial charge in [0.25, 0.3) is 0 Å². The maximum atomic E-state index is 13.4. The number of rotatable bonds is 9. The molecule has 0 radical (unpaired) electrons. The van der Waals surface area contributed by atoms with Crippen molar-refractivity contribution in [3.63, 3.8) is 0 Å². The number of aryl methyl sites for hydroxylation is 1. The van der Waals surface area contributed by atoms with Crippen LogP contribution in [0.5, 0.6) is 0 Å². The van der Waals surface area contributed by atoms with Crippen LogP contribution in [0, 0.1) is 11.8 Å². The van der Waals surface area contributed by atoms with Gasteiger partial charge in [-0.2, -0.15) is 0 Å². The van der Waals surface area contributed by atoms with Crippen molar-refractivity contribution in [1.82, 2.24) is 14.4 Å². The lowest BCUT2D eigenvalue weighted by Gasteiger charge is -2.30. The molecule has 5 heteroatoms.